The van der Waals surface area contributed by atoms with Gasteiger partial charge in [0.1, 0.15) is 0 Å². The molecule has 2 bridgehead atoms. The molecule has 194 valence electrons. The van der Waals surface area contributed by atoms with Crippen LogP contribution in [0, 0.1) is 5.92 Å². The van der Waals surface area contributed by atoms with Crippen LogP contribution in [0.4, 0.5) is 0 Å². The smallest absolute Gasteiger partial charge is 0.257 e. The second kappa shape index (κ2) is 15.3. The van der Waals surface area contributed by atoms with Crippen LogP contribution in [0.2, 0.25) is 0 Å². The van der Waals surface area contributed by atoms with Gasteiger partial charge in [-0.1, -0.05) is 128 Å². The number of benzene rings is 1. The predicted molar refractivity (Wildman–Crippen MR) is 146 cm³/mol. The summed E-state index contributed by atoms with van der Waals surface area (Å²) in [6.45, 7) is 4.95. The maximum absolute atomic E-state index is 13.5. The van der Waals surface area contributed by atoms with Gasteiger partial charge in [-0.25, -0.2) is 0 Å². The normalized spacial score (nSPS) is 17.7. The highest BCUT2D eigenvalue weighted by Crippen LogP contribution is 2.38. The molecule has 0 spiro atoms. The van der Waals surface area contributed by atoms with Gasteiger partial charge in [-0.15, -0.1) is 0 Å². The average molecular weight is 480 g/mol. The second-order valence-corrected chi connectivity index (χ2v) is 10.9. The zero-order chi connectivity index (χ0) is 24.9. The molecule has 1 atom stereocenters. The third-order valence-electron chi connectivity index (χ3n) is 8.06. The Bertz CT molecular complexity index is 840. The fourth-order valence-electron chi connectivity index (χ4n) is 5.93. The first kappa shape index (κ1) is 27.7. The number of nitrogens with zero attached hydrogens (tertiary/aromatic N) is 1. The summed E-state index contributed by atoms with van der Waals surface area (Å²) in [6.07, 6.45) is 21.6. The van der Waals surface area contributed by atoms with E-state index in [0.717, 1.165) is 55.2 Å². The standard InChI is InChI=1S/C32H49NO2/c1-3-5-7-9-11-13-15-17-23-29-30-27(21-16-14-12-10-8-6-4-2)24-26-20-18-19-22-28(26)25-33(31(29)34)32(30)35/h18-20,22,27H,3-17,21,23-25H2,1-2H3. The molecule has 3 heteroatoms. The van der Waals surface area contributed by atoms with Gasteiger partial charge in [-0.05, 0) is 42.7 Å². The zero-order valence-corrected chi connectivity index (χ0v) is 22.6. The van der Waals surface area contributed by atoms with E-state index in [2.05, 4.69) is 32.0 Å². The summed E-state index contributed by atoms with van der Waals surface area (Å²) in [6, 6.07) is 8.43. The van der Waals surface area contributed by atoms with E-state index in [1.54, 1.807) is 4.90 Å². The first-order chi connectivity index (χ1) is 17.2. The molecule has 1 aromatic carbocycles. The van der Waals surface area contributed by atoms with Gasteiger partial charge in [0.2, 0.25) is 0 Å². The third kappa shape index (κ3) is 8.05. The number of imide groups is 1. The van der Waals surface area contributed by atoms with Gasteiger partial charge in [0, 0.05) is 11.1 Å². The van der Waals surface area contributed by atoms with Crippen LogP contribution in [-0.2, 0) is 22.6 Å². The molecule has 35 heavy (non-hydrogen) atoms. The molecule has 0 saturated carbocycles. The van der Waals surface area contributed by atoms with E-state index in [9.17, 15) is 9.59 Å². The maximum Gasteiger partial charge on any atom is 0.257 e. The lowest BCUT2D eigenvalue weighted by Gasteiger charge is -2.25. The minimum atomic E-state index is -0.00536. The molecule has 2 heterocycles. The lowest BCUT2D eigenvalue weighted by molar-refractivity contribution is -0.138. The molecule has 2 aliphatic rings. The van der Waals surface area contributed by atoms with E-state index in [4.69, 9.17) is 0 Å². The highest BCUT2D eigenvalue weighted by atomic mass is 16.2. The molecular weight excluding hydrogens is 430 g/mol. The van der Waals surface area contributed by atoms with Crippen molar-refractivity contribution in [2.24, 2.45) is 5.92 Å². The summed E-state index contributed by atoms with van der Waals surface area (Å²) >= 11 is 0. The summed E-state index contributed by atoms with van der Waals surface area (Å²) < 4.78 is 0. The van der Waals surface area contributed by atoms with E-state index in [0.29, 0.717) is 6.54 Å². The first-order valence-corrected chi connectivity index (χ1v) is 14.8. The minimum Gasteiger partial charge on any atom is -0.270 e. The Labute approximate surface area is 214 Å². The predicted octanol–water partition coefficient (Wildman–Crippen LogP) is 8.70. The summed E-state index contributed by atoms with van der Waals surface area (Å²) in [5, 5.41) is 0. The van der Waals surface area contributed by atoms with Crippen molar-refractivity contribution in [1.82, 2.24) is 4.90 Å². The van der Waals surface area contributed by atoms with Crippen LogP contribution in [0.25, 0.3) is 0 Å². The monoisotopic (exact) mass is 479 g/mol. The molecule has 0 aliphatic carbocycles. The number of hydrogen-bond acceptors (Lipinski definition) is 2. The van der Waals surface area contributed by atoms with Crippen LogP contribution in [0.1, 0.15) is 134 Å². The van der Waals surface area contributed by atoms with Crippen molar-refractivity contribution in [2.75, 3.05) is 0 Å². The molecule has 1 aromatic rings. The topological polar surface area (TPSA) is 37.4 Å². The summed E-state index contributed by atoms with van der Waals surface area (Å²) in [4.78, 5) is 28.5. The third-order valence-corrected chi connectivity index (χ3v) is 8.06. The lowest BCUT2D eigenvalue weighted by Crippen LogP contribution is -2.34. The SMILES string of the molecule is CCCCCCCCCCC1=C2C(=O)N(Cc3ccccc3CC2CCCCCCCCC)C1=O. The Kier molecular flexibility index (Phi) is 12.1. The number of unbranched alkanes of at least 4 members (excludes halogenated alkanes) is 13. The summed E-state index contributed by atoms with van der Waals surface area (Å²) in [7, 11) is 0. The van der Waals surface area contributed by atoms with Crippen LogP contribution < -0.4 is 0 Å². The number of rotatable bonds is 17. The first-order valence-electron chi connectivity index (χ1n) is 14.8. The largest absolute Gasteiger partial charge is 0.270 e. The van der Waals surface area contributed by atoms with Crippen LogP contribution in [0.15, 0.2) is 35.4 Å². The van der Waals surface area contributed by atoms with E-state index in [-0.39, 0.29) is 17.7 Å². The number of carbonyl (C=O) groups is 2. The second-order valence-electron chi connectivity index (χ2n) is 10.9. The molecule has 0 saturated heterocycles. The number of amides is 2. The van der Waals surface area contributed by atoms with Crippen molar-refractivity contribution < 1.29 is 9.59 Å². The van der Waals surface area contributed by atoms with Gasteiger partial charge in [-0.3, -0.25) is 14.5 Å². The molecule has 2 amide bonds. The number of carbonyl (C=O) groups excluding carboxylic acids is 2. The van der Waals surface area contributed by atoms with E-state index in [1.165, 1.54) is 82.6 Å². The molecule has 0 fully saturated rings. The average Bonchev–Trinajstić information content (AvgIpc) is 3.11. The van der Waals surface area contributed by atoms with E-state index < -0.39 is 0 Å². The zero-order valence-electron chi connectivity index (χ0n) is 22.6. The van der Waals surface area contributed by atoms with Gasteiger partial charge in [0.25, 0.3) is 11.8 Å². The highest BCUT2D eigenvalue weighted by molar-refractivity contribution is 6.19. The molecule has 0 N–H and O–H groups in total. The quantitative estimate of drug-likeness (QED) is 0.165. The van der Waals surface area contributed by atoms with Gasteiger partial charge in [0.15, 0.2) is 0 Å². The van der Waals surface area contributed by atoms with Gasteiger partial charge in [-0.2, -0.15) is 0 Å². The van der Waals surface area contributed by atoms with E-state index >= 15 is 0 Å². The molecule has 0 aromatic heterocycles. The molecule has 1 unspecified atom stereocenters. The lowest BCUT2D eigenvalue weighted by atomic mass is 9.82. The highest BCUT2D eigenvalue weighted by Gasteiger charge is 2.42. The molecular formula is C32H49NO2. The van der Waals surface area contributed by atoms with Crippen LogP contribution in [0.5, 0.6) is 0 Å². The fraction of sp³-hybridized carbons (Fsp3) is 0.688. The van der Waals surface area contributed by atoms with Gasteiger partial charge >= 0.3 is 0 Å². The van der Waals surface area contributed by atoms with E-state index in [1.807, 2.05) is 6.07 Å². The summed E-state index contributed by atoms with van der Waals surface area (Å²) in [5.41, 5.74) is 4.18. The maximum atomic E-state index is 13.5. The Morgan fingerprint density at radius 3 is 1.86 bits per heavy atom. The fourth-order valence-corrected chi connectivity index (χ4v) is 5.93. The molecule has 0 radical (unpaired) electrons. The Balaban J connectivity index is 1.65. The van der Waals surface area contributed by atoms with Crippen LogP contribution in [-0.4, -0.2) is 16.7 Å². The van der Waals surface area contributed by atoms with Gasteiger partial charge < -0.3 is 0 Å². The van der Waals surface area contributed by atoms with Crippen molar-refractivity contribution in [3.8, 4) is 0 Å². The van der Waals surface area contributed by atoms with Crippen molar-refractivity contribution in [3.63, 3.8) is 0 Å². The molecule has 2 aliphatic heterocycles. The molecule has 3 rings (SSSR count). The van der Waals surface area contributed by atoms with Gasteiger partial charge in [0.05, 0.1) is 6.54 Å². The van der Waals surface area contributed by atoms with Crippen molar-refractivity contribution in [1.29, 1.82) is 0 Å². The Hall–Kier alpha value is -1.90. The minimum absolute atomic E-state index is 0.00536. The number of hydrogen-bond donors (Lipinski definition) is 0. The summed E-state index contributed by atoms with van der Waals surface area (Å²) in [5.74, 6) is 0.179. The van der Waals surface area contributed by atoms with Crippen molar-refractivity contribution in [2.45, 2.75) is 136 Å². The molecule has 3 nitrogen and oxygen atoms in total. The van der Waals surface area contributed by atoms with Crippen LogP contribution in [0.3, 0.4) is 0 Å². The van der Waals surface area contributed by atoms with Crippen molar-refractivity contribution in [3.05, 3.63) is 46.5 Å². The Morgan fingerprint density at radius 1 is 0.686 bits per heavy atom. The van der Waals surface area contributed by atoms with Crippen molar-refractivity contribution >= 4 is 11.8 Å². The number of fused-ring (bicyclic) bond motifs is 3. The van der Waals surface area contributed by atoms with Crippen LogP contribution >= 0.6 is 0 Å². The Morgan fingerprint density at radius 2 is 1.23 bits per heavy atom.